The van der Waals surface area contributed by atoms with Gasteiger partial charge in [0.15, 0.2) is 12.3 Å². The summed E-state index contributed by atoms with van der Waals surface area (Å²) in [5, 5.41) is 3.14. The van der Waals surface area contributed by atoms with E-state index in [2.05, 4.69) is 58.9 Å². The van der Waals surface area contributed by atoms with Gasteiger partial charge in [-0.3, -0.25) is 4.57 Å². The molecule has 0 N–H and O–H groups in total. The minimum atomic E-state index is -3.56. The Labute approximate surface area is 205 Å². The highest BCUT2D eigenvalue weighted by atomic mass is 31.2. The second kappa shape index (κ2) is 8.25. The number of aryl methyl sites for hydroxylation is 1. The Balaban J connectivity index is 1.86. The highest BCUT2D eigenvalue weighted by Gasteiger charge is 2.45. The van der Waals surface area contributed by atoms with Crippen LogP contribution in [-0.4, -0.2) is 47.0 Å². The molecule has 3 aromatic carbocycles. The van der Waals surface area contributed by atoms with Crippen molar-refractivity contribution in [3.8, 4) is 11.5 Å². The molecular formula is C28H30N2O4P+. The van der Waals surface area contributed by atoms with Crippen molar-refractivity contribution in [2.24, 2.45) is 0 Å². The lowest BCUT2D eigenvalue weighted by atomic mass is 9.91. The maximum absolute atomic E-state index is 15.3. The van der Waals surface area contributed by atoms with Crippen molar-refractivity contribution in [2.45, 2.75) is 13.8 Å². The van der Waals surface area contributed by atoms with Gasteiger partial charge in [0.25, 0.3) is 7.37 Å². The van der Waals surface area contributed by atoms with Gasteiger partial charge in [-0.1, -0.05) is 30.3 Å². The zero-order valence-electron chi connectivity index (χ0n) is 20.6. The first-order valence-electron chi connectivity index (χ1n) is 12.2. The van der Waals surface area contributed by atoms with E-state index in [0.29, 0.717) is 41.9 Å². The summed E-state index contributed by atoms with van der Waals surface area (Å²) in [5.41, 5.74) is 5.13. The molecule has 0 spiro atoms. The van der Waals surface area contributed by atoms with Crippen molar-refractivity contribution in [3.63, 3.8) is 0 Å². The average molecular weight is 490 g/mol. The monoisotopic (exact) mass is 489 g/mol. The van der Waals surface area contributed by atoms with E-state index >= 15 is 4.57 Å². The average Bonchev–Trinajstić information content (AvgIpc) is 2.85. The second-order valence-corrected chi connectivity index (χ2v) is 11.6. The van der Waals surface area contributed by atoms with Crippen molar-refractivity contribution in [1.82, 2.24) is 4.58 Å². The van der Waals surface area contributed by atoms with Crippen LogP contribution in [0.3, 0.4) is 0 Å². The van der Waals surface area contributed by atoms with Gasteiger partial charge in [0.2, 0.25) is 11.1 Å². The summed E-state index contributed by atoms with van der Waals surface area (Å²) in [5.74, 6) is 1.32. The summed E-state index contributed by atoms with van der Waals surface area (Å²) in [7, 11) is 0.523. The summed E-state index contributed by atoms with van der Waals surface area (Å²) in [4.78, 5) is 2.16. The van der Waals surface area contributed by atoms with E-state index in [1.807, 2.05) is 27.1 Å². The van der Waals surface area contributed by atoms with Gasteiger partial charge in [0.05, 0.1) is 29.4 Å². The quantitative estimate of drug-likeness (QED) is 0.417. The first-order chi connectivity index (χ1) is 17.0. The summed E-state index contributed by atoms with van der Waals surface area (Å²) >= 11 is 0. The van der Waals surface area contributed by atoms with Crippen LogP contribution in [0.1, 0.15) is 23.6 Å². The first kappa shape index (κ1) is 22.4. The Morgan fingerprint density at radius 2 is 1.80 bits per heavy atom. The molecule has 3 aromatic rings. The summed E-state index contributed by atoms with van der Waals surface area (Å²) in [6.07, 6.45) is 0. The fourth-order valence-corrected chi connectivity index (χ4v) is 8.26. The molecule has 1 atom stereocenters. The van der Waals surface area contributed by atoms with Crippen molar-refractivity contribution in [3.05, 3.63) is 75.8 Å². The normalized spacial score (nSPS) is 20.3. The lowest BCUT2D eigenvalue weighted by molar-refractivity contribution is 0.281. The fraction of sp³-hybridized carbons (Fsp3) is 0.321. The molecule has 0 fully saturated rings. The Hall–Kier alpha value is -3.08. The lowest BCUT2D eigenvalue weighted by Crippen LogP contribution is -2.47. The highest BCUT2D eigenvalue weighted by Crippen LogP contribution is 2.54. The number of rotatable bonds is 3. The van der Waals surface area contributed by atoms with E-state index in [1.165, 1.54) is 0 Å². The smallest absolute Gasteiger partial charge is 0.270 e. The predicted molar refractivity (Wildman–Crippen MR) is 140 cm³/mol. The zero-order valence-corrected chi connectivity index (χ0v) is 21.5. The largest absolute Gasteiger partial charge is 0.489 e. The van der Waals surface area contributed by atoms with Gasteiger partial charge in [-0.25, -0.2) is 4.58 Å². The van der Waals surface area contributed by atoms with Gasteiger partial charge in [-0.2, -0.15) is 0 Å². The van der Waals surface area contributed by atoms with Crippen molar-refractivity contribution in [2.75, 3.05) is 51.9 Å². The number of nitrogens with zero attached hydrogens (tertiary/aromatic N) is 2. The van der Waals surface area contributed by atoms with Crippen LogP contribution in [0.2, 0.25) is 0 Å². The van der Waals surface area contributed by atoms with Crippen LogP contribution in [0.15, 0.2) is 48.5 Å². The Bertz CT molecular complexity index is 1550. The Kier molecular flexibility index (Phi) is 5.28. The molecule has 0 aromatic heterocycles. The molecule has 3 aliphatic rings. The third-order valence-electron chi connectivity index (χ3n) is 7.24. The van der Waals surface area contributed by atoms with Crippen LogP contribution in [-0.2, 0) is 9.09 Å². The second-order valence-electron chi connectivity index (χ2n) is 9.32. The number of hydrogen-bond acceptors (Lipinski definition) is 5. The predicted octanol–water partition coefficient (Wildman–Crippen LogP) is 2.16. The van der Waals surface area contributed by atoms with Gasteiger partial charge >= 0.3 is 0 Å². The number of ether oxygens (including phenoxy) is 2. The Morgan fingerprint density at radius 1 is 1.00 bits per heavy atom. The molecule has 7 heteroatoms. The molecule has 0 bridgehead atoms. The van der Waals surface area contributed by atoms with Crippen LogP contribution in [0, 0.1) is 6.92 Å². The Morgan fingerprint density at radius 3 is 2.60 bits per heavy atom. The van der Waals surface area contributed by atoms with E-state index < -0.39 is 7.37 Å². The van der Waals surface area contributed by atoms with Gasteiger partial charge in [0, 0.05) is 23.9 Å². The van der Waals surface area contributed by atoms with Crippen LogP contribution in [0.4, 0.5) is 5.69 Å². The molecule has 0 amide bonds. The summed E-state index contributed by atoms with van der Waals surface area (Å²) in [6, 6.07) is 16.7. The summed E-state index contributed by atoms with van der Waals surface area (Å²) in [6.45, 7) is 6.94. The first-order valence-corrected chi connectivity index (χ1v) is 13.8. The van der Waals surface area contributed by atoms with Crippen molar-refractivity contribution >= 4 is 29.2 Å². The van der Waals surface area contributed by atoms with E-state index in [4.69, 9.17) is 14.0 Å². The minimum absolute atomic E-state index is 0.314. The molecule has 0 radical (unpaired) electrons. The van der Waals surface area contributed by atoms with Crippen LogP contribution >= 0.6 is 7.37 Å². The maximum atomic E-state index is 15.3. The molecular weight excluding hydrogens is 459 g/mol. The number of likely N-dealkylation sites (N-methyl/N-ethyl adjacent to an activating group) is 2. The van der Waals surface area contributed by atoms with Gasteiger partial charge in [-0.05, 0) is 42.7 Å². The third-order valence-corrected chi connectivity index (χ3v) is 9.93. The zero-order chi connectivity index (χ0) is 24.3. The van der Waals surface area contributed by atoms with Crippen molar-refractivity contribution < 1.29 is 18.6 Å². The molecule has 180 valence electrons. The standard InChI is InChI=1S/C28H30N2O4P/c1-5-34-35(31)27-20(10-12-22-25(27)32-16-14-29(22)3)24(19-9-7-6-8-18(19)2)21-11-13-23-26(28(21)35)33-17-15-30(23)4/h6-13H,5,14-17H2,1-4H3/q+1. The summed E-state index contributed by atoms with van der Waals surface area (Å²) < 4.78 is 36.2. The molecule has 6 rings (SSSR count). The number of anilines is 1. The molecule has 0 aliphatic carbocycles. The molecule has 35 heavy (non-hydrogen) atoms. The third kappa shape index (κ3) is 3.20. The van der Waals surface area contributed by atoms with E-state index in [9.17, 15) is 0 Å². The van der Waals surface area contributed by atoms with E-state index in [-0.39, 0.29) is 0 Å². The van der Waals surface area contributed by atoms with E-state index in [0.717, 1.165) is 51.6 Å². The lowest BCUT2D eigenvalue weighted by Gasteiger charge is -2.35. The van der Waals surface area contributed by atoms with Gasteiger partial charge in [-0.15, -0.1) is 0 Å². The number of benzene rings is 3. The number of hydrogen-bond donors (Lipinski definition) is 0. The highest BCUT2D eigenvalue weighted by molar-refractivity contribution is 7.75. The van der Waals surface area contributed by atoms with Crippen LogP contribution < -0.4 is 40.1 Å². The molecule has 0 saturated carbocycles. The van der Waals surface area contributed by atoms with Crippen molar-refractivity contribution in [1.29, 1.82) is 0 Å². The minimum Gasteiger partial charge on any atom is -0.489 e. The molecule has 6 nitrogen and oxygen atoms in total. The van der Waals surface area contributed by atoms with Gasteiger partial charge < -0.3 is 18.9 Å². The molecule has 3 heterocycles. The maximum Gasteiger partial charge on any atom is 0.270 e. The SMILES string of the molecule is CCOP1(=O)c2c(ccc3c2OCCN3C)C(c2ccccc2C)=c2ccc3c(c21)OCC[N+]=3C. The van der Waals surface area contributed by atoms with Crippen LogP contribution in [0.25, 0.3) is 5.57 Å². The molecule has 0 saturated heterocycles. The van der Waals surface area contributed by atoms with Crippen LogP contribution in [0.5, 0.6) is 11.5 Å². The topological polar surface area (TPSA) is 51.0 Å². The number of fused-ring (bicyclic) bond motifs is 6. The molecule has 3 aliphatic heterocycles. The molecule has 1 unspecified atom stereocenters. The van der Waals surface area contributed by atoms with E-state index in [1.54, 1.807) is 0 Å². The fourth-order valence-electron chi connectivity index (χ4n) is 5.52. The van der Waals surface area contributed by atoms with Gasteiger partial charge in [0.1, 0.15) is 20.3 Å².